The number of nitrogens with two attached hydrogens (primary N) is 1. The number of aromatic nitrogens is 1. The molecular weight excluding hydrogens is 374 g/mol. The molecule has 0 radical (unpaired) electrons. The van der Waals surface area contributed by atoms with Crippen molar-refractivity contribution in [3.8, 4) is 0 Å². The molecule has 0 bridgehead atoms. The van der Waals surface area contributed by atoms with Crippen molar-refractivity contribution in [2.24, 2.45) is 0 Å². The van der Waals surface area contributed by atoms with E-state index in [0.717, 1.165) is 53.4 Å². The molecule has 5 nitrogen and oxygen atoms in total. The zero-order chi connectivity index (χ0) is 21.4. The molecule has 0 atom stereocenters. The first-order valence-corrected chi connectivity index (χ1v) is 10.8. The lowest BCUT2D eigenvalue weighted by molar-refractivity contribution is 0.0994. The summed E-state index contributed by atoms with van der Waals surface area (Å²) >= 11 is 0. The first-order valence-electron chi connectivity index (χ1n) is 10.8. The summed E-state index contributed by atoms with van der Waals surface area (Å²) in [5.74, 6) is 0.316. The average molecular weight is 404 g/mol. The molecular formula is C25H29N3O2. The number of nitrogens with zero attached hydrogens (tertiary/aromatic N) is 2. The fourth-order valence-corrected chi connectivity index (χ4v) is 4.21. The molecule has 1 fully saturated rings. The Labute approximate surface area is 177 Å². The van der Waals surface area contributed by atoms with E-state index in [1.165, 1.54) is 0 Å². The second-order valence-electron chi connectivity index (χ2n) is 8.19. The van der Waals surface area contributed by atoms with E-state index in [0.29, 0.717) is 23.7 Å². The zero-order valence-electron chi connectivity index (χ0n) is 17.9. The van der Waals surface area contributed by atoms with Gasteiger partial charge in [0.1, 0.15) is 0 Å². The van der Waals surface area contributed by atoms with Crippen LogP contribution in [0.2, 0.25) is 0 Å². The highest BCUT2D eigenvalue weighted by atomic mass is 16.2. The third kappa shape index (κ3) is 3.60. The summed E-state index contributed by atoms with van der Waals surface area (Å²) in [7, 11) is 1.77. The van der Waals surface area contributed by atoms with E-state index in [-0.39, 0.29) is 11.5 Å². The molecule has 30 heavy (non-hydrogen) atoms. The molecule has 4 rings (SSSR count). The largest absolute Gasteiger partial charge is 0.398 e. The molecule has 2 aromatic carbocycles. The quantitative estimate of drug-likeness (QED) is 0.606. The SMILES string of the molecule is CCCc1ccc(C(=O)N(C)c2ccc3c(c2)c(C2CC2)cc(=O)n3CC)c(N)c1. The standard InChI is InChI=1S/C25H29N3O2/c1-4-6-16-7-11-19(22(26)13-16)25(30)27(3)18-10-12-23-21(14-18)20(17-8-9-17)15-24(29)28(23)5-2/h7,10-15,17H,4-6,8-9,26H2,1-3H3. The van der Waals surface area contributed by atoms with Gasteiger partial charge < -0.3 is 15.2 Å². The minimum atomic E-state index is -0.133. The molecule has 0 spiro atoms. The first kappa shape index (κ1) is 20.2. The number of hydrogen-bond acceptors (Lipinski definition) is 3. The molecule has 0 unspecified atom stereocenters. The number of carbonyl (C=O) groups excluding carboxylic acids is 1. The molecule has 0 aliphatic heterocycles. The van der Waals surface area contributed by atoms with E-state index in [9.17, 15) is 9.59 Å². The van der Waals surface area contributed by atoms with Crippen LogP contribution in [0, 0.1) is 0 Å². The van der Waals surface area contributed by atoms with Crippen LogP contribution in [-0.2, 0) is 13.0 Å². The highest BCUT2D eigenvalue weighted by molar-refractivity contribution is 6.09. The summed E-state index contributed by atoms with van der Waals surface area (Å²) in [4.78, 5) is 27.3. The van der Waals surface area contributed by atoms with Crippen molar-refractivity contribution in [1.29, 1.82) is 0 Å². The van der Waals surface area contributed by atoms with E-state index < -0.39 is 0 Å². The van der Waals surface area contributed by atoms with E-state index in [2.05, 4.69) is 6.92 Å². The maximum atomic E-state index is 13.2. The van der Waals surface area contributed by atoms with Gasteiger partial charge >= 0.3 is 0 Å². The number of rotatable bonds is 6. The molecule has 1 heterocycles. The van der Waals surface area contributed by atoms with Crippen molar-refractivity contribution < 1.29 is 4.79 Å². The molecule has 0 saturated heterocycles. The Kier molecular flexibility index (Phi) is 5.37. The topological polar surface area (TPSA) is 68.3 Å². The molecule has 156 valence electrons. The normalized spacial score (nSPS) is 13.6. The van der Waals surface area contributed by atoms with Gasteiger partial charge in [-0.25, -0.2) is 0 Å². The molecule has 1 amide bonds. The Morgan fingerprint density at radius 3 is 2.53 bits per heavy atom. The molecule has 1 aromatic heterocycles. The number of benzene rings is 2. The van der Waals surface area contributed by atoms with E-state index in [4.69, 9.17) is 5.73 Å². The molecule has 1 saturated carbocycles. The predicted octanol–water partition coefficient (Wildman–Crippen LogP) is 4.71. The van der Waals surface area contributed by atoms with Gasteiger partial charge in [0.05, 0.1) is 11.1 Å². The van der Waals surface area contributed by atoms with Gasteiger partial charge in [-0.2, -0.15) is 0 Å². The minimum absolute atomic E-state index is 0.0454. The lowest BCUT2D eigenvalue weighted by atomic mass is 10.0. The highest BCUT2D eigenvalue weighted by Gasteiger charge is 2.27. The number of fused-ring (bicyclic) bond motifs is 1. The number of anilines is 2. The van der Waals surface area contributed by atoms with Gasteiger partial charge in [-0.1, -0.05) is 19.4 Å². The summed E-state index contributed by atoms with van der Waals surface area (Å²) in [5.41, 5.74) is 11.2. The molecule has 1 aliphatic carbocycles. The van der Waals surface area contributed by atoms with Crippen LogP contribution in [0.5, 0.6) is 0 Å². The number of nitrogen functional groups attached to an aromatic ring is 1. The van der Waals surface area contributed by atoms with Crippen molar-refractivity contribution in [2.45, 2.75) is 52.0 Å². The van der Waals surface area contributed by atoms with Crippen molar-refractivity contribution in [3.63, 3.8) is 0 Å². The summed E-state index contributed by atoms with van der Waals surface area (Å²) in [5, 5.41) is 1.06. The molecule has 1 aliphatic rings. The van der Waals surface area contributed by atoms with Gasteiger partial charge in [-0.3, -0.25) is 9.59 Å². The Morgan fingerprint density at radius 1 is 1.13 bits per heavy atom. The number of hydrogen-bond donors (Lipinski definition) is 1. The highest BCUT2D eigenvalue weighted by Crippen LogP contribution is 2.43. The van der Waals surface area contributed by atoms with Gasteiger partial charge in [0.25, 0.3) is 11.5 Å². The van der Waals surface area contributed by atoms with Gasteiger partial charge in [-0.05, 0) is 73.6 Å². The maximum absolute atomic E-state index is 13.2. The molecule has 2 N–H and O–H groups in total. The summed E-state index contributed by atoms with van der Waals surface area (Å²) in [6, 6.07) is 13.4. The number of pyridine rings is 1. The third-order valence-electron chi connectivity index (χ3n) is 6.04. The van der Waals surface area contributed by atoms with E-state index in [1.54, 1.807) is 22.6 Å². The van der Waals surface area contributed by atoms with Crippen LogP contribution >= 0.6 is 0 Å². The smallest absolute Gasteiger partial charge is 0.260 e. The number of aryl methyl sites for hydroxylation is 2. The van der Waals surface area contributed by atoms with Crippen molar-refractivity contribution in [1.82, 2.24) is 4.57 Å². The van der Waals surface area contributed by atoms with Crippen LogP contribution in [0.25, 0.3) is 10.9 Å². The Hall–Kier alpha value is -3.08. The van der Waals surface area contributed by atoms with Crippen molar-refractivity contribution in [2.75, 3.05) is 17.7 Å². The van der Waals surface area contributed by atoms with Gasteiger partial charge in [0, 0.05) is 36.4 Å². The number of carbonyl (C=O) groups is 1. The van der Waals surface area contributed by atoms with E-state index >= 15 is 0 Å². The molecule has 5 heteroatoms. The first-order chi connectivity index (χ1) is 14.4. The van der Waals surface area contributed by atoms with Crippen LogP contribution in [0.3, 0.4) is 0 Å². The second kappa shape index (κ2) is 7.98. The van der Waals surface area contributed by atoms with E-state index in [1.807, 2.05) is 43.3 Å². The maximum Gasteiger partial charge on any atom is 0.260 e. The lowest BCUT2D eigenvalue weighted by Crippen LogP contribution is -2.27. The average Bonchev–Trinajstić information content (AvgIpc) is 3.57. The van der Waals surface area contributed by atoms with Gasteiger partial charge in [0.15, 0.2) is 0 Å². The Bertz CT molecular complexity index is 1170. The van der Waals surface area contributed by atoms with Gasteiger partial charge in [-0.15, -0.1) is 0 Å². The molecule has 3 aromatic rings. The monoisotopic (exact) mass is 403 g/mol. The summed E-state index contributed by atoms with van der Waals surface area (Å²) in [6.07, 6.45) is 4.22. The van der Waals surface area contributed by atoms with Crippen LogP contribution in [-0.4, -0.2) is 17.5 Å². The van der Waals surface area contributed by atoms with Crippen LogP contribution < -0.4 is 16.2 Å². The fraction of sp³-hybridized carbons (Fsp3) is 0.360. The Balaban J connectivity index is 1.74. The Morgan fingerprint density at radius 2 is 1.90 bits per heavy atom. The zero-order valence-corrected chi connectivity index (χ0v) is 17.9. The van der Waals surface area contributed by atoms with Gasteiger partial charge in [0.2, 0.25) is 0 Å². The lowest BCUT2D eigenvalue weighted by Gasteiger charge is -2.21. The fourth-order valence-electron chi connectivity index (χ4n) is 4.21. The van der Waals surface area contributed by atoms with Crippen molar-refractivity contribution in [3.05, 3.63) is 69.5 Å². The summed E-state index contributed by atoms with van der Waals surface area (Å²) in [6.45, 7) is 4.72. The van der Waals surface area contributed by atoms with Crippen LogP contribution in [0.15, 0.2) is 47.3 Å². The van der Waals surface area contributed by atoms with Crippen molar-refractivity contribution >= 4 is 28.2 Å². The second-order valence-corrected chi connectivity index (χ2v) is 8.19. The minimum Gasteiger partial charge on any atom is -0.398 e. The van der Waals surface area contributed by atoms with Crippen LogP contribution in [0.1, 0.15) is 60.5 Å². The summed E-state index contributed by atoms with van der Waals surface area (Å²) < 4.78 is 1.79. The third-order valence-corrected chi connectivity index (χ3v) is 6.04. The predicted molar refractivity (Wildman–Crippen MR) is 123 cm³/mol. The number of amides is 1. The van der Waals surface area contributed by atoms with Crippen LogP contribution in [0.4, 0.5) is 11.4 Å².